The van der Waals surface area contributed by atoms with Crippen molar-refractivity contribution < 1.29 is 33.6 Å². The van der Waals surface area contributed by atoms with Gasteiger partial charge in [0.25, 0.3) is 0 Å². The third-order valence-corrected chi connectivity index (χ3v) is 10.9. The number of ether oxygens (including phenoxy) is 4. The molecule has 0 unspecified atom stereocenters. The van der Waals surface area contributed by atoms with E-state index in [-0.39, 0.29) is 31.7 Å². The van der Waals surface area contributed by atoms with Crippen LogP contribution in [-0.2, 0) is 26.2 Å². The summed E-state index contributed by atoms with van der Waals surface area (Å²) in [6, 6.07) is 11.4. The fraction of sp³-hybridized carbons (Fsp3) is 0.529. The quantitative estimate of drug-likeness (QED) is 0.348. The summed E-state index contributed by atoms with van der Waals surface area (Å²) in [4.78, 5) is 30.8. The number of carbonyl (C=O) groups excluding carboxylic acids is 2. The highest BCUT2D eigenvalue weighted by Gasteiger charge is 2.77. The Balaban J connectivity index is 1.26. The lowest BCUT2D eigenvalue weighted by molar-refractivity contribution is -0.217. The molecule has 1 aliphatic carbocycles. The van der Waals surface area contributed by atoms with E-state index in [2.05, 4.69) is 40.3 Å². The Morgan fingerprint density at radius 1 is 1.14 bits per heavy atom. The number of hydrogen-bond acceptors (Lipinski definition) is 9. The third-order valence-electron chi connectivity index (χ3n) is 10.9. The van der Waals surface area contributed by atoms with E-state index >= 15 is 0 Å². The van der Waals surface area contributed by atoms with Crippen molar-refractivity contribution in [3.05, 3.63) is 59.7 Å². The van der Waals surface area contributed by atoms with Gasteiger partial charge >= 0.3 is 5.97 Å². The van der Waals surface area contributed by atoms with Gasteiger partial charge in [0.2, 0.25) is 12.7 Å². The average Bonchev–Trinajstić information content (AvgIpc) is 3.72. The second-order valence-electron chi connectivity index (χ2n) is 12.9. The second kappa shape index (κ2) is 10.4. The van der Waals surface area contributed by atoms with Gasteiger partial charge in [0.1, 0.15) is 17.5 Å². The molecule has 5 aliphatic rings. The fourth-order valence-electron chi connectivity index (χ4n) is 9.33. The number of esters is 1. The fourth-order valence-corrected chi connectivity index (χ4v) is 9.33. The summed E-state index contributed by atoms with van der Waals surface area (Å²) in [7, 11) is 3.65. The van der Waals surface area contributed by atoms with E-state index < -0.39 is 34.5 Å². The lowest BCUT2D eigenvalue weighted by atomic mass is 9.47. The molecule has 0 aromatic heterocycles. The largest absolute Gasteiger partial charge is 0.497 e. The highest BCUT2D eigenvalue weighted by molar-refractivity contribution is 5.77. The molecule has 10 heteroatoms. The van der Waals surface area contributed by atoms with E-state index in [0.717, 1.165) is 36.5 Å². The topological polar surface area (TPSA) is 110 Å². The number of likely N-dealkylation sites (N-methyl/N-ethyl adjacent to an activating group) is 1. The van der Waals surface area contributed by atoms with Crippen LogP contribution in [0.3, 0.4) is 0 Å². The summed E-state index contributed by atoms with van der Waals surface area (Å²) >= 11 is 0. The van der Waals surface area contributed by atoms with Gasteiger partial charge in [-0.2, -0.15) is 0 Å². The van der Waals surface area contributed by atoms with Gasteiger partial charge < -0.3 is 34.3 Å². The number of carbonyl (C=O) groups is 2. The van der Waals surface area contributed by atoms with Gasteiger partial charge in [-0.1, -0.05) is 31.2 Å². The molecule has 2 aromatic rings. The van der Waals surface area contributed by atoms with Crippen LogP contribution in [0.5, 0.6) is 17.2 Å². The van der Waals surface area contributed by atoms with Crippen LogP contribution in [0.25, 0.3) is 0 Å². The number of nitrogens with one attached hydrogen (secondary N) is 1. The first-order valence-electron chi connectivity index (χ1n) is 15.6. The molecule has 2 aromatic carbocycles. The van der Waals surface area contributed by atoms with Crippen molar-refractivity contribution in [3.63, 3.8) is 0 Å². The molecule has 10 nitrogen and oxygen atoms in total. The number of hydrogen-bond donors (Lipinski definition) is 2. The van der Waals surface area contributed by atoms with Crippen LogP contribution >= 0.6 is 0 Å². The van der Waals surface area contributed by atoms with Crippen molar-refractivity contribution in [2.45, 2.75) is 68.7 Å². The summed E-state index contributed by atoms with van der Waals surface area (Å²) in [6.07, 6.45) is 5.67. The molecule has 4 aliphatic heterocycles. The Morgan fingerprint density at radius 3 is 2.73 bits per heavy atom. The molecule has 7 rings (SSSR count). The van der Waals surface area contributed by atoms with E-state index in [4.69, 9.17) is 18.9 Å². The van der Waals surface area contributed by atoms with Crippen molar-refractivity contribution in [1.29, 1.82) is 0 Å². The minimum absolute atomic E-state index is 0.00145. The molecule has 44 heavy (non-hydrogen) atoms. The molecule has 2 N–H and O–H groups in total. The number of anilines is 1. The van der Waals surface area contributed by atoms with Crippen molar-refractivity contribution in [2.75, 3.05) is 45.5 Å². The molecular weight excluding hydrogens is 562 g/mol. The summed E-state index contributed by atoms with van der Waals surface area (Å²) in [5.41, 5.74) is 0.395. The molecule has 1 saturated carbocycles. The van der Waals surface area contributed by atoms with Crippen LogP contribution < -0.4 is 24.4 Å². The minimum atomic E-state index is -1.61. The van der Waals surface area contributed by atoms with Gasteiger partial charge in [0.15, 0.2) is 11.5 Å². The molecule has 2 fully saturated rings. The number of nitrogens with zero attached hydrogens (tertiary/aromatic N) is 2. The van der Waals surface area contributed by atoms with Crippen LogP contribution in [0.2, 0.25) is 0 Å². The highest BCUT2D eigenvalue weighted by Crippen LogP contribution is 2.67. The number of amides is 1. The van der Waals surface area contributed by atoms with Gasteiger partial charge in [0.05, 0.1) is 19.7 Å². The average molecular weight is 604 g/mol. The third kappa shape index (κ3) is 3.99. The van der Waals surface area contributed by atoms with Crippen LogP contribution in [-0.4, -0.2) is 86.3 Å². The zero-order valence-electron chi connectivity index (χ0n) is 25.8. The van der Waals surface area contributed by atoms with Crippen LogP contribution in [0.15, 0.2) is 48.6 Å². The van der Waals surface area contributed by atoms with E-state index in [1.54, 1.807) is 7.11 Å². The van der Waals surface area contributed by atoms with Crippen LogP contribution in [0.4, 0.5) is 5.69 Å². The van der Waals surface area contributed by atoms with Crippen LogP contribution in [0, 0.1) is 5.41 Å². The summed E-state index contributed by atoms with van der Waals surface area (Å²) < 4.78 is 22.7. The van der Waals surface area contributed by atoms with Crippen LogP contribution in [0.1, 0.15) is 44.2 Å². The Hall–Kier alpha value is -3.76. The van der Waals surface area contributed by atoms with Gasteiger partial charge in [-0.3, -0.25) is 14.5 Å². The second-order valence-corrected chi connectivity index (χ2v) is 12.9. The normalized spacial score (nSPS) is 32.6. The molecule has 0 bridgehead atoms. The Morgan fingerprint density at radius 2 is 1.95 bits per heavy atom. The maximum Gasteiger partial charge on any atom is 0.303 e. The zero-order chi connectivity index (χ0) is 30.9. The van der Waals surface area contributed by atoms with Crippen molar-refractivity contribution in [3.8, 4) is 17.2 Å². The summed E-state index contributed by atoms with van der Waals surface area (Å²) in [5.74, 6) is 1.48. The lowest BCUT2D eigenvalue weighted by Crippen LogP contribution is -2.81. The molecule has 1 amide bonds. The number of rotatable bonds is 8. The maximum absolute atomic E-state index is 13.4. The SMILES string of the molecule is CC[C@]12C=CCN3CC[C@@]4(c5ccc(OC)cc5N(C)[C@H]4[C@@](O)(CNC(=O)CCc4ccc5c(c4)OCO5)[C@@H]1OC(C)=O)[C@@H]32. The summed E-state index contributed by atoms with van der Waals surface area (Å²) in [5, 5.41) is 16.2. The number of benzene rings is 2. The first-order valence-corrected chi connectivity index (χ1v) is 15.6. The molecule has 234 valence electrons. The zero-order valence-corrected chi connectivity index (χ0v) is 25.8. The Labute approximate surface area is 257 Å². The smallest absolute Gasteiger partial charge is 0.303 e. The molecule has 1 spiro atoms. The predicted molar refractivity (Wildman–Crippen MR) is 163 cm³/mol. The number of fused-ring (bicyclic) bond motifs is 2. The van der Waals surface area contributed by atoms with E-state index in [1.165, 1.54) is 12.5 Å². The van der Waals surface area contributed by atoms with E-state index in [9.17, 15) is 14.7 Å². The molecule has 0 radical (unpaired) electrons. The van der Waals surface area contributed by atoms with Gasteiger partial charge in [-0.25, -0.2) is 0 Å². The molecule has 4 heterocycles. The number of methoxy groups -OCH3 is 1. The predicted octanol–water partition coefficient (Wildman–Crippen LogP) is 2.95. The lowest BCUT2D eigenvalue weighted by Gasteiger charge is -2.64. The van der Waals surface area contributed by atoms with Crippen molar-refractivity contribution in [1.82, 2.24) is 10.2 Å². The first kappa shape index (κ1) is 29.0. The first-order chi connectivity index (χ1) is 21.2. The highest BCUT2D eigenvalue weighted by atomic mass is 16.7. The van der Waals surface area contributed by atoms with Gasteiger partial charge in [-0.15, -0.1) is 0 Å². The van der Waals surface area contributed by atoms with Gasteiger partial charge in [-0.05, 0) is 55.1 Å². The monoisotopic (exact) mass is 603 g/mol. The van der Waals surface area contributed by atoms with Crippen molar-refractivity contribution in [2.24, 2.45) is 5.41 Å². The van der Waals surface area contributed by atoms with E-state index in [1.807, 2.05) is 37.4 Å². The number of aryl methyl sites for hydroxylation is 1. The maximum atomic E-state index is 13.4. The standard InChI is InChI=1S/C34H41N3O7/c1-5-32-13-6-15-37-16-14-33(29(32)37)24-10-9-23(41-4)18-25(24)36(3)30(33)34(40,31(32)44-21(2)38)19-35-28(39)12-8-22-7-11-26-27(17-22)43-20-42-26/h6-7,9-11,13,17-18,29-31,40H,5,8,12,14-16,19-20H2,1-4H3,(H,35,39)/t29-,30+,31+,32+,33+,34-/m0/s1. The molecule has 1 saturated heterocycles. The minimum Gasteiger partial charge on any atom is -0.497 e. The summed E-state index contributed by atoms with van der Waals surface area (Å²) in [6.45, 7) is 5.30. The number of aliphatic hydroxyl groups is 1. The van der Waals surface area contributed by atoms with Gasteiger partial charge in [0, 0.05) is 55.6 Å². The Kier molecular flexibility index (Phi) is 6.86. The Bertz CT molecular complexity index is 1530. The molecule has 6 atom stereocenters. The van der Waals surface area contributed by atoms with Crippen molar-refractivity contribution >= 4 is 17.6 Å². The van der Waals surface area contributed by atoms with E-state index in [0.29, 0.717) is 24.3 Å². The molecular formula is C34H41N3O7.